The van der Waals surface area contributed by atoms with E-state index in [1.54, 1.807) is 37.4 Å². The lowest BCUT2D eigenvalue weighted by Gasteiger charge is -2.34. The van der Waals surface area contributed by atoms with Gasteiger partial charge in [0.2, 0.25) is 15.9 Å². The van der Waals surface area contributed by atoms with E-state index in [4.69, 9.17) is 9.47 Å². The number of carbonyl (C=O) groups excluding carboxylic acids is 2. The number of amides is 2. The lowest BCUT2D eigenvalue weighted by molar-refractivity contribution is -0.128. The molecule has 3 N–H and O–H groups in total. The second kappa shape index (κ2) is 18.7. The average molecular weight is 686 g/mol. The summed E-state index contributed by atoms with van der Waals surface area (Å²) in [5.74, 6) is -0.210. The summed E-state index contributed by atoms with van der Waals surface area (Å²) in [6.45, 7) is 4.46. The van der Waals surface area contributed by atoms with Crippen molar-refractivity contribution in [3.05, 3.63) is 66.2 Å². The number of alkyl carbamates (subject to hydrolysis) is 1. The molecule has 11 heteroatoms. The summed E-state index contributed by atoms with van der Waals surface area (Å²) in [6, 6.07) is 16.6. The van der Waals surface area contributed by atoms with E-state index in [1.807, 2.05) is 44.2 Å². The summed E-state index contributed by atoms with van der Waals surface area (Å²) in [4.78, 5) is 26.9. The quantitative estimate of drug-likeness (QED) is 0.218. The molecule has 0 radical (unpaired) electrons. The maximum Gasteiger partial charge on any atom is 0.407 e. The van der Waals surface area contributed by atoms with Gasteiger partial charge in [0.25, 0.3) is 0 Å². The van der Waals surface area contributed by atoms with E-state index in [2.05, 4.69) is 10.6 Å². The Bertz CT molecular complexity index is 1370. The van der Waals surface area contributed by atoms with Crippen LogP contribution in [0.2, 0.25) is 0 Å². The number of nitrogens with zero attached hydrogens (tertiary/aromatic N) is 1. The summed E-state index contributed by atoms with van der Waals surface area (Å²) in [5, 5.41) is 17.7. The predicted molar refractivity (Wildman–Crippen MR) is 186 cm³/mol. The SMILES string of the molecule is COC1CCC(COC(=O)NC2CCCCC2C(=O)NC(Cc2ccccc2)C(O)CN(CCC(C)C)S(=O)(=O)c2ccccc2)CC1. The molecule has 2 aromatic carbocycles. The molecular weight excluding hydrogens is 630 g/mol. The molecule has 10 nitrogen and oxygen atoms in total. The Morgan fingerprint density at radius 1 is 0.938 bits per heavy atom. The smallest absolute Gasteiger partial charge is 0.407 e. The number of hydrogen-bond acceptors (Lipinski definition) is 7. The van der Waals surface area contributed by atoms with Gasteiger partial charge in [-0.3, -0.25) is 4.79 Å². The van der Waals surface area contributed by atoms with E-state index in [9.17, 15) is 23.1 Å². The number of methoxy groups -OCH3 is 1. The second-order valence-electron chi connectivity index (χ2n) is 13.8. The van der Waals surface area contributed by atoms with Crippen molar-refractivity contribution in [2.45, 2.75) is 107 Å². The van der Waals surface area contributed by atoms with Crippen molar-refractivity contribution >= 4 is 22.0 Å². The van der Waals surface area contributed by atoms with Gasteiger partial charge in [-0.05, 0) is 80.9 Å². The van der Waals surface area contributed by atoms with Crippen molar-refractivity contribution in [3.63, 3.8) is 0 Å². The molecule has 2 fully saturated rings. The van der Waals surface area contributed by atoms with Crippen LogP contribution in [0.1, 0.15) is 77.2 Å². The Labute approximate surface area is 287 Å². The van der Waals surface area contributed by atoms with Gasteiger partial charge in [-0.2, -0.15) is 4.31 Å². The number of benzene rings is 2. The third-order valence-electron chi connectivity index (χ3n) is 9.80. The highest BCUT2D eigenvalue weighted by Crippen LogP contribution is 2.28. The normalized spacial score (nSPS) is 23.0. The fourth-order valence-electron chi connectivity index (χ4n) is 6.77. The average Bonchev–Trinajstić information content (AvgIpc) is 3.09. The molecule has 0 saturated heterocycles. The van der Waals surface area contributed by atoms with Crippen LogP contribution in [0.3, 0.4) is 0 Å². The summed E-state index contributed by atoms with van der Waals surface area (Å²) < 4.78 is 39.8. The van der Waals surface area contributed by atoms with Crippen LogP contribution in [0.15, 0.2) is 65.6 Å². The first-order valence-electron chi connectivity index (χ1n) is 17.6. The number of nitrogens with one attached hydrogen (secondary N) is 2. The maximum atomic E-state index is 13.9. The lowest BCUT2D eigenvalue weighted by atomic mass is 9.83. The molecule has 0 spiro atoms. The molecule has 4 unspecified atom stereocenters. The van der Waals surface area contributed by atoms with Gasteiger partial charge in [0, 0.05) is 26.2 Å². The fourth-order valence-corrected chi connectivity index (χ4v) is 8.26. The van der Waals surface area contributed by atoms with Crippen LogP contribution in [-0.4, -0.2) is 80.9 Å². The van der Waals surface area contributed by atoms with E-state index in [0.717, 1.165) is 44.1 Å². The summed E-state index contributed by atoms with van der Waals surface area (Å²) in [6.07, 6.45) is 6.30. The third-order valence-corrected chi connectivity index (χ3v) is 11.7. The highest BCUT2D eigenvalue weighted by atomic mass is 32.2. The molecular formula is C37H55N3O7S. The van der Waals surface area contributed by atoms with Gasteiger partial charge in [0.15, 0.2) is 0 Å². The summed E-state index contributed by atoms with van der Waals surface area (Å²) in [7, 11) is -2.16. The summed E-state index contributed by atoms with van der Waals surface area (Å²) >= 11 is 0. The van der Waals surface area contributed by atoms with Crippen LogP contribution in [0.4, 0.5) is 4.79 Å². The zero-order chi connectivity index (χ0) is 34.5. The van der Waals surface area contributed by atoms with Crippen molar-refractivity contribution in [3.8, 4) is 0 Å². The molecule has 4 atom stereocenters. The van der Waals surface area contributed by atoms with Crippen LogP contribution in [-0.2, 0) is 30.7 Å². The zero-order valence-electron chi connectivity index (χ0n) is 28.8. The van der Waals surface area contributed by atoms with Gasteiger partial charge >= 0.3 is 6.09 Å². The molecule has 266 valence electrons. The summed E-state index contributed by atoms with van der Waals surface area (Å²) in [5.41, 5.74) is 0.905. The first-order chi connectivity index (χ1) is 23.1. The Morgan fingerprint density at radius 2 is 1.58 bits per heavy atom. The topological polar surface area (TPSA) is 134 Å². The number of ether oxygens (including phenoxy) is 2. The number of aliphatic hydroxyl groups is 1. The Morgan fingerprint density at radius 3 is 2.23 bits per heavy atom. The molecule has 48 heavy (non-hydrogen) atoms. The molecule has 0 bridgehead atoms. The van der Waals surface area contributed by atoms with Gasteiger partial charge in [0.1, 0.15) is 0 Å². The van der Waals surface area contributed by atoms with E-state index in [-0.39, 0.29) is 35.9 Å². The van der Waals surface area contributed by atoms with E-state index in [0.29, 0.717) is 38.2 Å². The number of sulfonamides is 1. The van der Waals surface area contributed by atoms with Crippen LogP contribution < -0.4 is 10.6 Å². The number of carbonyl (C=O) groups is 2. The highest BCUT2D eigenvalue weighted by Gasteiger charge is 2.36. The van der Waals surface area contributed by atoms with Crippen molar-refractivity contribution in [2.24, 2.45) is 17.8 Å². The number of aliphatic hydroxyl groups excluding tert-OH is 1. The Hall–Kier alpha value is -2.99. The molecule has 0 aromatic heterocycles. The second-order valence-corrected chi connectivity index (χ2v) is 15.8. The van der Waals surface area contributed by atoms with Crippen LogP contribution in [0, 0.1) is 17.8 Å². The van der Waals surface area contributed by atoms with Crippen LogP contribution >= 0.6 is 0 Å². The molecule has 2 amide bonds. The number of rotatable bonds is 16. The van der Waals surface area contributed by atoms with Crippen molar-refractivity contribution in [1.29, 1.82) is 0 Å². The molecule has 2 aromatic rings. The van der Waals surface area contributed by atoms with Crippen molar-refractivity contribution in [1.82, 2.24) is 14.9 Å². The van der Waals surface area contributed by atoms with Gasteiger partial charge in [-0.1, -0.05) is 75.2 Å². The minimum absolute atomic E-state index is 0.162. The molecule has 4 rings (SSSR count). The number of hydrogen-bond donors (Lipinski definition) is 3. The molecule has 0 heterocycles. The van der Waals surface area contributed by atoms with Gasteiger partial charge in [-0.25, -0.2) is 13.2 Å². The van der Waals surface area contributed by atoms with Gasteiger partial charge in [-0.15, -0.1) is 0 Å². The monoisotopic (exact) mass is 685 g/mol. The van der Waals surface area contributed by atoms with Crippen molar-refractivity contribution in [2.75, 3.05) is 26.8 Å². The first-order valence-corrected chi connectivity index (χ1v) is 19.0. The Balaban J connectivity index is 1.45. The standard InChI is InChI=1S/C37H55N3O7S/c1-27(2)22-23-40(48(44,45)31-14-8-5-9-15-31)25-35(41)34(24-28-12-6-4-7-13-28)38-36(42)32-16-10-11-17-33(32)39-37(43)47-26-29-18-20-30(46-3)21-19-29/h4-9,12-15,27,29-30,32-35,41H,10-11,16-26H2,1-3H3,(H,38,42)(H,39,43). The van der Waals surface area contributed by atoms with E-state index in [1.165, 1.54) is 4.31 Å². The molecule has 2 aliphatic carbocycles. The van der Waals surface area contributed by atoms with Crippen LogP contribution in [0.25, 0.3) is 0 Å². The first kappa shape index (κ1) is 37.8. The zero-order valence-corrected chi connectivity index (χ0v) is 29.6. The maximum absolute atomic E-state index is 13.9. The predicted octanol–water partition coefficient (Wildman–Crippen LogP) is 5.30. The van der Waals surface area contributed by atoms with E-state index < -0.39 is 40.2 Å². The highest BCUT2D eigenvalue weighted by molar-refractivity contribution is 7.89. The van der Waals surface area contributed by atoms with E-state index >= 15 is 0 Å². The molecule has 2 aliphatic rings. The fraction of sp³-hybridized carbons (Fsp3) is 0.622. The van der Waals surface area contributed by atoms with Crippen molar-refractivity contribution < 1.29 is 32.6 Å². The lowest BCUT2D eigenvalue weighted by Crippen LogP contribution is -2.55. The molecule has 0 aliphatic heterocycles. The van der Waals surface area contributed by atoms with Gasteiger partial charge in [0.05, 0.1) is 35.7 Å². The van der Waals surface area contributed by atoms with Crippen LogP contribution in [0.5, 0.6) is 0 Å². The minimum Gasteiger partial charge on any atom is -0.449 e. The third kappa shape index (κ3) is 11.3. The minimum atomic E-state index is -3.89. The van der Waals surface area contributed by atoms with Gasteiger partial charge < -0.3 is 25.2 Å². The molecule has 2 saturated carbocycles. The largest absolute Gasteiger partial charge is 0.449 e. The Kier molecular flexibility index (Phi) is 14.7.